The smallest absolute Gasteiger partial charge is 0.303 e. The van der Waals surface area contributed by atoms with Gasteiger partial charge in [-0.2, -0.15) is 0 Å². The molecule has 1 N–H and O–H groups in total. The molecule has 0 radical (unpaired) electrons. The fourth-order valence-electron chi connectivity index (χ4n) is 5.65. The lowest BCUT2D eigenvalue weighted by Crippen LogP contribution is -2.13. The third kappa shape index (κ3) is 7.07. The van der Waals surface area contributed by atoms with Crippen molar-refractivity contribution in [3.8, 4) is 22.3 Å². The third-order valence-corrected chi connectivity index (χ3v) is 7.80. The topological polar surface area (TPSA) is 37.3 Å². The van der Waals surface area contributed by atoms with Gasteiger partial charge in [0, 0.05) is 6.42 Å². The average Bonchev–Trinajstić information content (AvgIpc) is 2.91. The van der Waals surface area contributed by atoms with Crippen molar-refractivity contribution in [1.82, 2.24) is 0 Å². The predicted octanol–water partition coefficient (Wildman–Crippen LogP) is 9.28. The van der Waals surface area contributed by atoms with Crippen molar-refractivity contribution in [1.29, 1.82) is 0 Å². The summed E-state index contributed by atoms with van der Waals surface area (Å²) in [7, 11) is 0. The summed E-state index contributed by atoms with van der Waals surface area (Å²) in [6.45, 7) is 2.30. The van der Waals surface area contributed by atoms with Crippen LogP contribution in [-0.2, 0) is 11.2 Å². The molecular formula is C33H40O2. The lowest BCUT2D eigenvalue weighted by molar-refractivity contribution is -0.137. The van der Waals surface area contributed by atoms with Crippen molar-refractivity contribution in [2.75, 3.05) is 0 Å². The predicted molar refractivity (Wildman–Crippen MR) is 147 cm³/mol. The van der Waals surface area contributed by atoms with Crippen LogP contribution in [-0.4, -0.2) is 11.1 Å². The van der Waals surface area contributed by atoms with Crippen LogP contribution in [0.2, 0.25) is 0 Å². The van der Waals surface area contributed by atoms with Gasteiger partial charge in [-0.05, 0) is 90.2 Å². The molecule has 3 aromatic rings. The van der Waals surface area contributed by atoms with E-state index in [1.807, 2.05) is 0 Å². The van der Waals surface area contributed by atoms with Crippen LogP contribution < -0.4 is 0 Å². The van der Waals surface area contributed by atoms with Crippen molar-refractivity contribution in [2.24, 2.45) is 5.92 Å². The van der Waals surface area contributed by atoms with Gasteiger partial charge in [0.2, 0.25) is 0 Å². The van der Waals surface area contributed by atoms with E-state index in [4.69, 9.17) is 5.11 Å². The number of carboxylic acids is 1. The lowest BCUT2D eigenvalue weighted by atomic mass is 9.77. The van der Waals surface area contributed by atoms with Gasteiger partial charge in [-0.3, -0.25) is 4.79 Å². The normalized spacial score (nSPS) is 17.9. The Balaban J connectivity index is 1.41. The van der Waals surface area contributed by atoms with Crippen molar-refractivity contribution in [3.63, 3.8) is 0 Å². The van der Waals surface area contributed by atoms with Gasteiger partial charge in [-0.15, -0.1) is 0 Å². The number of aryl methyl sites for hydroxylation is 1. The van der Waals surface area contributed by atoms with Gasteiger partial charge in [0.05, 0.1) is 0 Å². The summed E-state index contributed by atoms with van der Waals surface area (Å²) in [5, 5.41) is 8.81. The molecule has 2 heteroatoms. The van der Waals surface area contributed by atoms with E-state index in [1.54, 1.807) is 0 Å². The number of rotatable bonds is 11. The molecule has 0 bridgehead atoms. The van der Waals surface area contributed by atoms with Crippen molar-refractivity contribution < 1.29 is 9.90 Å². The minimum Gasteiger partial charge on any atom is -0.481 e. The molecule has 0 atom stereocenters. The van der Waals surface area contributed by atoms with Gasteiger partial charge >= 0.3 is 5.97 Å². The highest BCUT2D eigenvalue weighted by Crippen LogP contribution is 2.39. The quantitative estimate of drug-likeness (QED) is 0.285. The fourth-order valence-corrected chi connectivity index (χ4v) is 5.65. The zero-order valence-corrected chi connectivity index (χ0v) is 21.2. The van der Waals surface area contributed by atoms with Gasteiger partial charge in [-0.1, -0.05) is 99.0 Å². The van der Waals surface area contributed by atoms with Gasteiger partial charge in [0.25, 0.3) is 0 Å². The zero-order chi connectivity index (χ0) is 24.5. The number of carboxylic acid groups (broad SMARTS) is 1. The Bertz CT molecular complexity index is 1060. The van der Waals surface area contributed by atoms with Crippen LogP contribution >= 0.6 is 0 Å². The summed E-state index contributed by atoms with van der Waals surface area (Å²) in [6.07, 6.45) is 12.4. The molecule has 3 aromatic carbocycles. The van der Waals surface area contributed by atoms with E-state index in [9.17, 15) is 4.79 Å². The molecular weight excluding hydrogens is 428 g/mol. The molecule has 35 heavy (non-hydrogen) atoms. The maximum Gasteiger partial charge on any atom is 0.303 e. The first kappa shape index (κ1) is 25.2. The molecule has 0 unspecified atom stereocenters. The highest BCUT2D eigenvalue weighted by Gasteiger charge is 2.22. The molecule has 184 valence electrons. The molecule has 0 aromatic heterocycles. The first-order valence-corrected chi connectivity index (χ1v) is 13.6. The second-order valence-electron chi connectivity index (χ2n) is 10.3. The summed E-state index contributed by atoms with van der Waals surface area (Å²) in [6, 6.07) is 26.8. The monoisotopic (exact) mass is 468 g/mol. The van der Waals surface area contributed by atoms with E-state index >= 15 is 0 Å². The number of aliphatic carboxylic acids is 1. The Morgan fingerprint density at radius 2 is 1.37 bits per heavy atom. The number of carbonyl (C=O) groups is 1. The highest BCUT2D eigenvalue weighted by atomic mass is 16.4. The molecule has 1 aliphatic carbocycles. The Morgan fingerprint density at radius 1 is 0.771 bits per heavy atom. The molecule has 2 nitrogen and oxygen atoms in total. The number of benzene rings is 3. The van der Waals surface area contributed by atoms with Crippen LogP contribution in [0, 0.1) is 5.92 Å². The molecule has 0 amide bonds. The van der Waals surface area contributed by atoms with Gasteiger partial charge in [-0.25, -0.2) is 0 Å². The van der Waals surface area contributed by atoms with Crippen LogP contribution in [0.5, 0.6) is 0 Å². The van der Waals surface area contributed by atoms with E-state index in [-0.39, 0.29) is 6.42 Å². The maximum absolute atomic E-state index is 10.7. The summed E-state index contributed by atoms with van der Waals surface area (Å²) in [4.78, 5) is 10.7. The Morgan fingerprint density at radius 3 is 1.94 bits per heavy atom. The molecule has 0 aliphatic heterocycles. The van der Waals surface area contributed by atoms with Crippen LogP contribution in [0.3, 0.4) is 0 Å². The van der Waals surface area contributed by atoms with E-state index < -0.39 is 5.97 Å². The minimum atomic E-state index is -0.709. The molecule has 1 aliphatic rings. The van der Waals surface area contributed by atoms with Crippen LogP contribution in [0.25, 0.3) is 22.3 Å². The number of hydrogen-bond acceptors (Lipinski definition) is 1. The van der Waals surface area contributed by atoms with Gasteiger partial charge < -0.3 is 5.11 Å². The second kappa shape index (κ2) is 12.7. The average molecular weight is 469 g/mol. The first-order chi connectivity index (χ1) is 17.1. The summed E-state index contributed by atoms with van der Waals surface area (Å²) >= 11 is 0. The van der Waals surface area contributed by atoms with Crippen molar-refractivity contribution in [3.05, 3.63) is 83.9 Å². The SMILES string of the molecule is CCCCC1CCC(c2ccc(-c3ccccc3-c3ccc(CCCCC(=O)O)cc3)cc2)CC1. The van der Waals surface area contributed by atoms with Crippen LogP contribution in [0.4, 0.5) is 0 Å². The first-order valence-electron chi connectivity index (χ1n) is 13.6. The van der Waals surface area contributed by atoms with Gasteiger partial charge in [0.1, 0.15) is 0 Å². The second-order valence-corrected chi connectivity index (χ2v) is 10.3. The number of hydrogen-bond donors (Lipinski definition) is 1. The molecule has 0 spiro atoms. The maximum atomic E-state index is 10.7. The standard InChI is InChI=1S/C33H40O2/c1-2-3-8-25-13-17-27(18-14-25)28-21-23-30(24-22-28)32-11-6-5-10-31(32)29-19-15-26(16-20-29)9-4-7-12-33(34)35/h5-6,10-11,15-16,19-25,27H,2-4,7-9,12-14,17-18H2,1H3,(H,34,35). The van der Waals surface area contributed by atoms with E-state index in [2.05, 4.69) is 79.7 Å². The molecule has 0 heterocycles. The zero-order valence-electron chi connectivity index (χ0n) is 21.2. The summed E-state index contributed by atoms with van der Waals surface area (Å²) < 4.78 is 0. The Hall–Kier alpha value is -2.87. The highest BCUT2D eigenvalue weighted by molar-refractivity contribution is 5.83. The molecule has 1 saturated carbocycles. The molecule has 4 rings (SSSR count). The van der Waals surface area contributed by atoms with Crippen LogP contribution in [0.1, 0.15) is 88.2 Å². The largest absolute Gasteiger partial charge is 0.481 e. The summed E-state index contributed by atoms with van der Waals surface area (Å²) in [5.41, 5.74) is 7.81. The summed E-state index contributed by atoms with van der Waals surface area (Å²) in [5.74, 6) is 0.966. The van der Waals surface area contributed by atoms with Gasteiger partial charge in [0.15, 0.2) is 0 Å². The van der Waals surface area contributed by atoms with E-state index in [1.165, 1.54) is 78.3 Å². The van der Waals surface area contributed by atoms with Crippen molar-refractivity contribution in [2.45, 2.75) is 83.5 Å². The Labute approximate surface area is 211 Å². The fraction of sp³-hybridized carbons (Fsp3) is 0.424. The molecule has 0 saturated heterocycles. The van der Waals surface area contributed by atoms with Crippen LogP contribution in [0.15, 0.2) is 72.8 Å². The Kier molecular flexibility index (Phi) is 9.17. The van der Waals surface area contributed by atoms with Crippen molar-refractivity contribution >= 4 is 5.97 Å². The van der Waals surface area contributed by atoms with E-state index in [0.717, 1.165) is 31.1 Å². The lowest BCUT2D eigenvalue weighted by Gasteiger charge is -2.29. The van der Waals surface area contributed by atoms with E-state index in [0.29, 0.717) is 0 Å². The number of unbranched alkanes of at least 4 members (excludes halogenated alkanes) is 2. The minimum absolute atomic E-state index is 0.254. The molecule has 1 fully saturated rings. The third-order valence-electron chi connectivity index (χ3n) is 7.80.